The number of likely N-dealkylation sites (tertiary alicyclic amines) is 1. The molecule has 150 valence electrons. The summed E-state index contributed by atoms with van der Waals surface area (Å²) in [5.41, 5.74) is 2.45. The molecule has 0 bridgehead atoms. The minimum absolute atomic E-state index is 0.122. The highest BCUT2D eigenvalue weighted by Crippen LogP contribution is 2.19. The van der Waals surface area contributed by atoms with Crippen LogP contribution in [0.5, 0.6) is 11.5 Å². The summed E-state index contributed by atoms with van der Waals surface area (Å²) in [7, 11) is 1.62. The van der Waals surface area contributed by atoms with Crippen LogP contribution in [0.15, 0.2) is 48.5 Å². The van der Waals surface area contributed by atoms with Gasteiger partial charge in [0, 0.05) is 13.1 Å². The van der Waals surface area contributed by atoms with Gasteiger partial charge in [0.25, 0.3) is 5.91 Å². The summed E-state index contributed by atoms with van der Waals surface area (Å²) in [6, 6.07) is 15.6. The van der Waals surface area contributed by atoms with Gasteiger partial charge in [-0.2, -0.15) is 0 Å². The zero-order valence-electron chi connectivity index (χ0n) is 16.8. The lowest BCUT2D eigenvalue weighted by Gasteiger charge is -2.27. The maximum atomic E-state index is 12.5. The van der Waals surface area contributed by atoms with Crippen molar-refractivity contribution in [2.24, 2.45) is 0 Å². The molecule has 0 aliphatic carbocycles. The van der Waals surface area contributed by atoms with E-state index in [-0.39, 0.29) is 5.91 Å². The second-order valence-electron chi connectivity index (χ2n) is 7.26. The van der Waals surface area contributed by atoms with Gasteiger partial charge in [0.1, 0.15) is 11.5 Å². The van der Waals surface area contributed by atoms with Crippen molar-refractivity contribution in [2.75, 3.05) is 20.2 Å². The van der Waals surface area contributed by atoms with E-state index in [1.807, 2.05) is 18.2 Å². The Morgan fingerprint density at radius 3 is 2.32 bits per heavy atom. The minimum atomic E-state index is -0.567. The van der Waals surface area contributed by atoms with Gasteiger partial charge in [-0.15, -0.1) is 0 Å². The topological polar surface area (TPSA) is 50.8 Å². The molecule has 1 amide bonds. The van der Waals surface area contributed by atoms with E-state index in [1.165, 1.54) is 24.8 Å². The van der Waals surface area contributed by atoms with Crippen LogP contribution >= 0.6 is 0 Å². The van der Waals surface area contributed by atoms with Crippen molar-refractivity contribution >= 4 is 5.91 Å². The summed E-state index contributed by atoms with van der Waals surface area (Å²) in [6.45, 7) is 5.54. The Bertz CT molecular complexity index is 755. The van der Waals surface area contributed by atoms with Crippen LogP contribution < -0.4 is 14.8 Å². The molecule has 5 heteroatoms. The molecule has 1 aliphatic heterocycles. The van der Waals surface area contributed by atoms with Crippen LogP contribution in [0.2, 0.25) is 0 Å². The molecule has 0 radical (unpaired) electrons. The fourth-order valence-corrected chi connectivity index (χ4v) is 3.48. The van der Waals surface area contributed by atoms with Crippen LogP contribution in [0, 0.1) is 0 Å². The van der Waals surface area contributed by atoms with Gasteiger partial charge in [-0.05, 0) is 68.2 Å². The minimum Gasteiger partial charge on any atom is -0.497 e. The maximum Gasteiger partial charge on any atom is 0.261 e. The Hall–Kier alpha value is -2.53. The second-order valence-corrected chi connectivity index (χ2v) is 7.26. The average molecular weight is 383 g/mol. The number of nitrogens with zero attached hydrogens (tertiary/aromatic N) is 1. The lowest BCUT2D eigenvalue weighted by Crippen LogP contribution is -2.36. The number of amides is 1. The van der Waals surface area contributed by atoms with Crippen molar-refractivity contribution in [3.05, 3.63) is 59.7 Å². The van der Waals surface area contributed by atoms with Crippen molar-refractivity contribution in [2.45, 2.75) is 45.4 Å². The predicted molar refractivity (Wildman–Crippen MR) is 111 cm³/mol. The number of carbonyl (C=O) groups is 1. The monoisotopic (exact) mass is 382 g/mol. The van der Waals surface area contributed by atoms with Crippen molar-refractivity contribution < 1.29 is 14.3 Å². The van der Waals surface area contributed by atoms with Gasteiger partial charge in [0.05, 0.1) is 7.11 Å². The first-order valence-corrected chi connectivity index (χ1v) is 10.0. The third-order valence-electron chi connectivity index (χ3n) is 5.16. The van der Waals surface area contributed by atoms with Crippen LogP contribution in [0.25, 0.3) is 0 Å². The van der Waals surface area contributed by atoms with Gasteiger partial charge in [-0.25, -0.2) is 0 Å². The fraction of sp³-hybridized carbons (Fsp3) is 0.435. The van der Waals surface area contributed by atoms with Crippen LogP contribution in [0.4, 0.5) is 0 Å². The van der Waals surface area contributed by atoms with E-state index in [9.17, 15) is 4.79 Å². The highest BCUT2D eigenvalue weighted by atomic mass is 16.5. The van der Waals surface area contributed by atoms with E-state index < -0.39 is 6.10 Å². The summed E-state index contributed by atoms with van der Waals surface area (Å²) in [6.07, 6.45) is 3.32. The molecule has 2 aromatic carbocycles. The summed E-state index contributed by atoms with van der Waals surface area (Å²) in [5, 5.41) is 3.01. The fourth-order valence-electron chi connectivity index (χ4n) is 3.48. The summed E-state index contributed by atoms with van der Waals surface area (Å²) >= 11 is 0. The van der Waals surface area contributed by atoms with Gasteiger partial charge in [-0.1, -0.05) is 30.7 Å². The van der Waals surface area contributed by atoms with Gasteiger partial charge in [0.2, 0.25) is 0 Å². The number of methoxy groups -OCH3 is 1. The molecule has 0 unspecified atom stereocenters. The SMILES string of the molecule is COc1ccc(O[C@@H](C)C(=O)NCc2ccccc2CN2CCCCC2)cc1. The number of ether oxygens (including phenoxy) is 2. The van der Waals surface area contributed by atoms with Gasteiger partial charge in [0.15, 0.2) is 6.10 Å². The quantitative estimate of drug-likeness (QED) is 0.755. The Labute approximate surface area is 167 Å². The molecule has 2 aromatic rings. The van der Waals surface area contributed by atoms with Crippen molar-refractivity contribution in [3.63, 3.8) is 0 Å². The molecule has 5 nitrogen and oxygen atoms in total. The normalized spacial score (nSPS) is 15.6. The first-order valence-electron chi connectivity index (χ1n) is 10.0. The first kappa shape index (κ1) is 20.2. The number of rotatable bonds is 8. The molecule has 1 atom stereocenters. The van der Waals surface area contributed by atoms with Crippen molar-refractivity contribution in [1.82, 2.24) is 10.2 Å². The molecule has 0 aromatic heterocycles. The van der Waals surface area contributed by atoms with E-state index >= 15 is 0 Å². The molecular weight excluding hydrogens is 352 g/mol. The van der Waals surface area contributed by atoms with E-state index in [2.05, 4.69) is 28.4 Å². The van der Waals surface area contributed by atoms with E-state index in [1.54, 1.807) is 26.2 Å². The lowest BCUT2D eigenvalue weighted by atomic mass is 10.0. The van der Waals surface area contributed by atoms with Gasteiger partial charge >= 0.3 is 0 Å². The number of piperidine rings is 1. The van der Waals surface area contributed by atoms with Crippen LogP contribution in [0.3, 0.4) is 0 Å². The Morgan fingerprint density at radius 2 is 1.64 bits per heavy atom. The molecule has 1 fully saturated rings. The third kappa shape index (κ3) is 5.73. The van der Waals surface area contributed by atoms with Gasteiger partial charge in [-0.3, -0.25) is 9.69 Å². The molecule has 1 aliphatic rings. The highest BCUT2D eigenvalue weighted by molar-refractivity contribution is 5.80. The Kier molecular flexibility index (Phi) is 7.31. The first-order chi connectivity index (χ1) is 13.7. The van der Waals surface area contributed by atoms with E-state index in [4.69, 9.17) is 9.47 Å². The average Bonchev–Trinajstić information content (AvgIpc) is 2.74. The van der Waals surface area contributed by atoms with Crippen LogP contribution in [-0.2, 0) is 17.9 Å². The number of hydrogen-bond acceptors (Lipinski definition) is 4. The summed E-state index contributed by atoms with van der Waals surface area (Å²) in [5.74, 6) is 1.28. The Morgan fingerprint density at radius 1 is 1.00 bits per heavy atom. The predicted octanol–water partition coefficient (Wildman–Crippen LogP) is 3.76. The smallest absolute Gasteiger partial charge is 0.261 e. The van der Waals surface area contributed by atoms with Crippen LogP contribution in [-0.4, -0.2) is 37.1 Å². The van der Waals surface area contributed by atoms with Crippen LogP contribution in [0.1, 0.15) is 37.3 Å². The maximum absolute atomic E-state index is 12.5. The zero-order chi connectivity index (χ0) is 19.8. The summed E-state index contributed by atoms with van der Waals surface area (Å²) < 4.78 is 10.9. The molecule has 1 heterocycles. The zero-order valence-corrected chi connectivity index (χ0v) is 16.8. The Balaban J connectivity index is 1.53. The standard InChI is InChI=1S/C23H30N2O3/c1-18(28-22-12-10-21(27-2)11-13-22)23(26)24-16-19-8-4-5-9-20(19)17-25-14-6-3-7-15-25/h4-5,8-13,18H,3,6-7,14-17H2,1-2H3,(H,24,26)/t18-/m0/s1. The molecule has 28 heavy (non-hydrogen) atoms. The lowest BCUT2D eigenvalue weighted by molar-refractivity contribution is -0.127. The number of carbonyl (C=O) groups excluding carboxylic acids is 1. The van der Waals surface area contributed by atoms with E-state index in [0.717, 1.165) is 30.9 Å². The molecule has 1 N–H and O–H groups in total. The second kappa shape index (κ2) is 10.1. The molecule has 3 rings (SSSR count). The molecule has 0 saturated carbocycles. The molecule has 1 saturated heterocycles. The van der Waals surface area contributed by atoms with Crippen molar-refractivity contribution in [3.8, 4) is 11.5 Å². The van der Waals surface area contributed by atoms with Crippen molar-refractivity contribution in [1.29, 1.82) is 0 Å². The number of benzene rings is 2. The largest absolute Gasteiger partial charge is 0.497 e. The van der Waals surface area contributed by atoms with Gasteiger partial charge < -0.3 is 14.8 Å². The molecular formula is C23H30N2O3. The highest BCUT2D eigenvalue weighted by Gasteiger charge is 2.16. The summed E-state index contributed by atoms with van der Waals surface area (Å²) in [4.78, 5) is 15.0. The number of nitrogens with one attached hydrogen (secondary N) is 1. The molecule has 0 spiro atoms. The van der Waals surface area contributed by atoms with E-state index in [0.29, 0.717) is 12.3 Å². The third-order valence-corrected chi connectivity index (χ3v) is 5.16. The number of hydrogen-bond donors (Lipinski definition) is 1.